The first-order chi connectivity index (χ1) is 11.6. The van der Waals surface area contributed by atoms with Crippen LogP contribution in [-0.2, 0) is 0 Å². The first-order valence-corrected chi connectivity index (χ1v) is 9.13. The Kier molecular flexibility index (Phi) is 5.07. The Balaban J connectivity index is 1.83. The standard InChI is InChI=1S/C17H18N4OS2/c1-11(24-17(23)21-8-4-5-9-21)15(22)12(10-18)16-19-13-6-2-3-7-14(13)20-16/h2-3,6-7,11,22H,4-5,8-9H2,1H3,(H,19,20)/b15-12-/t11-/m1/s1. The van der Waals surface area contributed by atoms with Crippen LogP contribution in [0.1, 0.15) is 25.6 Å². The van der Waals surface area contributed by atoms with Gasteiger partial charge < -0.3 is 15.0 Å². The summed E-state index contributed by atoms with van der Waals surface area (Å²) in [5.41, 5.74) is 1.76. The van der Waals surface area contributed by atoms with Crippen LogP contribution >= 0.6 is 24.0 Å². The number of para-hydroxylation sites is 2. The number of benzene rings is 1. The monoisotopic (exact) mass is 358 g/mol. The summed E-state index contributed by atoms with van der Waals surface area (Å²) >= 11 is 6.86. The number of likely N-dealkylation sites (tertiary alicyclic amines) is 1. The van der Waals surface area contributed by atoms with Crippen LogP contribution in [0.4, 0.5) is 0 Å². The van der Waals surface area contributed by atoms with Gasteiger partial charge in [0.2, 0.25) is 0 Å². The van der Waals surface area contributed by atoms with Gasteiger partial charge in [-0.05, 0) is 31.9 Å². The van der Waals surface area contributed by atoms with Gasteiger partial charge in [-0.15, -0.1) is 0 Å². The lowest BCUT2D eigenvalue weighted by molar-refractivity contribution is 0.402. The molecule has 1 aromatic carbocycles. The molecule has 24 heavy (non-hydrogen) atoms. The number of thioether (sulfide) groups is 1. The molecule has 1 aromatic heterocycles. The average molecular weight is 358 g/mol. The summed E-state index contributed by atoms with van der Waals surface area (Å²) in [7, 11) is 0. The molecule has 0 bridgehead atoms. The minimum absolute atomic E-state index is 0.00287. The zero-order chi connectivity index (χ0) is 17.1. The van der Waals surface area contributed by atoms with Crippen molar-refractivity contribution in [3.63, 3.8) is 0 Å². The summed E-state index contributed by atoms with van der Waals surface area (Å²) in [5, 5.41) is 19.7. The third kappa shape index (κ3) is 3.40. The topological polar surface area (TPSA) is 75.9 Å². The minimum atomic E-state index is -0.305. The summed E-state index contributed by atoms with van der Waals surface area (Å²) < 4.78 is 0.772. The highest BCUT2D eigenvalue weighted by atomic mass is 32.2. The van der Waals surface area contributed by atoms with Crippen LogP contribution in [0, 0.1) is 11.3 Å². The number of aromatic nitrogens is 2. The lowest BCUT2D eigenvalue weighted by Crippen LogP contribution is -2.25. The van der Waals surface area contributed by atoms with Gasteiger partial charge >= 0.3 is 0 Å². The van der Waals surface area contributed by atoms with Gasteiger partial charge in [0.05, 0.1) is 16.3 Å². The third-order valence-corrected chi connectivity index (χ3v) is 5.60. The molecule has 0 spiro atoms. The number of fused-ring (bicyclic) bond motifs is 1. The van der Waals surface area contributed by atoms with Gasteiger partial charge in [-0.3, -0.25) is 0 Å². The Morgan fingerprint density at radius 1 is 1.42 bits per heavy atom. The summed E-state index contributed by atoms with van der Waals surface area (Å²) in [4.78, 5) is 9.63. The van der Waals surface area contributed by atoms with Crippen molar-refractivity contribution >= 4 is 44.9 Å². The van der Waals surface area contributed by atoms with Crippen molar-refractivity contribution in [3.05, 3.63) is 35.8 Å². The van der Waals surface area contributed by atoms with Gasteiger partial charge in [-0.1, -0.05) is 36.1 Å². The van der Waals surface area contributed by atoms with Gasteiger partial charge in [0.15, 0.2) is 5.82 Å². The number of rotatable bonds is 3. The lowest BCUT2D eigenvalue weighted by atomic mass is 10.2. The van der Waals surface area contributed by atoms with Gasteiger partial charge in [0, 0.05) is 13.1 Å². The fourth-order valence-corrected chi connectivity index (χ4v) is 4.17. The molecule has 7 heteroatoms. The molecule has 1 aliphatic rings. The molecule has 0 amide bonds. The highest BCUT2D eigenvalue weighted by molar-refractivity contribution is 8.23. The Hall–Kier alpha value is -2.04. The maximum Gasteiger partial charge on any atom is 0.152 e. The van der Waals surface area contributed by atoms with Crippen LogP contribution in [0.15, 0.2) is 30.0 Å². The fraction of sp³-hybridized carbons (Fsp3) is 0.353. The van der Waals surface area contributed by atoms with E-state index in [0.29, 0.717) is 5.82 Å². The van der Waals surface area contributed by atoms with Crippen molar-refractivity contribution in [1.29, 1.82) is 5.26 Å². The smallest absolute Gasteiger partial charge is 0.152 e. The van der Waals surface area contributed by atoms with Crippen LogP contribution in [0.3, 0.4) is 0 Å². The largest absolute Gasteiger partial charge is 0.510 e. The predicted octanol–water partition coefficient (Wildman–Crippen LogP) is 3.86. The predicted molar refractivity (Wildman–Crippen MR) is 102 cm³/mol. The maximum absolute atomic E-state index is 10.5. The van der Waals surface area contributed by atoms with E-state index in [1.807, 2.05) is 31.2 Å². The molecule has 1 saturated heterocycles. The first-order valence-electron chi connectivity index (χ1n) is 7.84. The maximum atomic E-state index is 10.5. The summed E-state index contributed by atoms with van der Waals surface area (Å²) in [6.45, 7) is 3.79. The Bertz CT molecular complexity index is 797. The molecule has 1 fully saturated rings. The second kappa shape index (κ2) is 7.24. The third-order valence-electron chi connectivity index (χ3n) is 4.02. The zero-order valence-electron chi connectivity index (χ0n) is 13.3. The van der Waals surface area contributed by atoms with Crippen LogP contribution in [-0.4, -0.2) is 42.6 Å². The Morgan fingerprint density at radius 2 is 2.12 bits per heavy atom. The Morgan fingerprint density at radius 3 is 2.79 bits per heavy atom. The number of aliphatic hydroxyl groups is 1. The molecule has 2 aromatic rings. The molecule has 0 radical (unpaired) electrons. The number of nitrogens with one attached hydrogen (secondary N) is 1. The van der Waals surface area contributed by atoms with E-state index in [0.717, 1.165) is 41.3 Å². The minimum Gasteiger partial charge on any atom is -0.510 e. The molecule has 124 valence electrons. The lowest BCUT2D eigenvalue weighted by Gasteiger charge is -2.20. The normalized spacial score (nSPS) is 16.8. The van der Waals surface area contributed by atoms with Crippen LogP contribution in [0.25, 0.3) is 16.6 Å². The van der Waals surface area contributed by atoms with E-state index in [1.165, 1.54) is 11.8 Å². The Labute approximate surface area is 150 Å². The van der Waals surface area contributed by atoms with Crippen molar-refractivity contribution in [2.75, 3.05) is 13.1 Å². The van der Waals surface area contributed by atoms with Crippen LogP contribution < -0.4 is 0 Å². The molecule has 0 saturated carbocycles. The fourth-order valence-electron chi connectivity index (χ4n) is 2.69. The molecule has 3 rings (SSSR count). The number of aliphatic hydroxyl groups excluding tert-OH is 1. The average Bonchev–Trinajstić information content (AvgIpc) is 3.24. The molecule has 1 aliphatic heterocycles. The van der Waals surface area contributed by atoms with Crippen LogP contribution in [0.2, 0.25) is 0 Å². The van der Waals surface area contributed by atoms with E-state index in [1.54, 1.807) is 0 Å². The summed E-state index contributed by atoms with van der Waals surface area (Å²) in [5.74, 6) is 0.388. The van der Waals surface area contributed by atoms with Crippen molar-refractivity contribution in [2.24, 2.45) is 0 Å². The van der Waals surface area contributed by atoms with E-state index < -0.39 is 0 Å². The number of allylic oxidation sites excluding steroid dienone is 1. The van der Waals surface area contributed by atoms with Gasteiger partial charge in [0.1, 0.15) is 21.7 Å². The molecule has 2 heterocycles. The summed E-state index contributed by atoms with van der Waals surface area (Å²) in [6, 6.07) is 9.60. The van der Waals surface area contributed by atoms with E-state index in [-0.39, 0.29) is 16.6 Å². The SMILES string of the molecule is C[C@@H](SC(=S)N1CCCC1)/C(O)=C(\C#N)c1nc2ccccc2[nH]1. The number of hydrogen-bond donors (Lipinski definition) is 2. The number of H-pyrrole nitrogens is 1. The molecule has 2 N–H and O–H groups in total. The molecule has 0 aliphatic carbocycles. The molecular weight excluding hydrogens is 340 g/mol. The van der Waals surface area contributed by atoms with E-state index >= 15 is 0 Å². The summed E-state index contributed by atoms with van der Waals surface area (Å²) in [6.07, 6.45) is 2.30. The van der Waals surface area contributed by atoms with Gasteiger partial charge in [-0.25, -0.2) is 4.98 Å². The van der Waals surface area contributed by atoms with E-state index in [2.05, 4.69) is 20.9 Å². The highest BCUT2D eigenvalue weighted by Crippen LogP contribution is 2.28. The highest BCUT2D eigenvalue weighted by Gasteiger charge is 2.23. The van der Waals surface area contributed by atoms with E-state index in [4.69, 9.17) is 12.2 Å². The molecule has 5 nitrogen and oxygen atoms in total. The molecule has 1 atom stereocenters. The first kappa shape index (κ1) is 16.8. The zero-order valence-corrected chi connectivity index (χ0v) is 15.0. The van der Waals surface area contributed by atoms with Crippen molar-refractivity contribution in [3.8, 4) is 6.07 Å². The number of imidazole rings is 1. The van der Waals surface area contributed by atoms with Crippen molar-refractivity contribution in [1.82, 2.24) is 14.9 Å². The van der Waals surface area contributed by atoms with Crippen molar-refractivity contribution < 1.29 is 5.11 Å². The van der Waals surface area contributed by atoms with E-state index in [9.17, 15) is 10.4 Å². The number of nitriles is 1. The molecule has 0 unspecified atom stereocenters. The number of nitrogens with zero attached hydrogens (tertiary/aromatic N) is 3. The number of hydrogen-bond acceptors (Lipinski definition) is 5. The van der Waals surface area contributed by atoms with Crippen molar-refractivity contribution in [2.45, 2.75) is 25.0 Å². The second-order valence-corrected chi connectivity index (χ2v) is 7.67. The van der Waals surface area contributed by atoms with Gasteiger partial charge in [0.25, 0.3) is 0 Å². The number of thiocarbonyl (C=S) groups is 1. The quantitative estimate of drug-likeness (QED) is 0.493. The second-order valence-electron chi connectivity index (χ2n) is 5.69. The number of aromatic amines is 1. The van der Waals surface area contributed by atoms with Gasteiger partial charge in [-0.2, -0.15) is 5.26 Å². The van der Waals surface area contributed by atoms with Crippen LogP contribution in [0.5, 0.6) is 0 Å². The molecular formula is C17H18N4OS2.